The summed E-state index contributed by atoms with van der Waals surface area (Å²) in [6.07, 6.45) is -2.15. The Morgan fingerprint density at radius 1 is 1.00 bits per heavy atom. The number of nitro groups is 1. The van der Waals surface area contributed by atoms with Crippen LogP contribution in [0.5, 0.6) is 0 Å². The van der Waals surface area contributed by atoms with Gasteiger partial charge in [-0.15, -0.1) is 0 Å². The molecular formula is C26H17F3N2O5. The van der Waals surface area contributed by atoms with Crippen LogP contribution in [-0.4, -0.2) is 21.7 Å². The molecule has 4 rings (SSSR count). The number of non-ortho nitro benzene ring substituents is 1. The van der Waals surface area contributed by atoms with Crippen LogP contribution in [0, 0.1) is 10.1 Å². The van der Waals surface area contributed by atoms with E-state index in [1.54, 1.807) is 30.3 Å². The van der Waals surface area contributed by atoms with E-state index in [2.05, 4.69) is 0 Å². The van der Waals surface area contributed by atoms with Crippen molar-refractivity contribution in [3.05, 3.63) is 123 Å². The van der Waals surface area contributed by atoms with Crippen LogP contribution in [0.4, 0.5) is 24.5 Å². The number of nitrogens with zero attached hydrogens (tertiary/aromatic N) is 2. The number of halogens is 3. The second-order valence-electron chi connectivity index (χ2n) is 7.85. The van der Waals surface area contributed by atoms with Crippen molar-refractivity contribution < 1.29 is 32.8 Å². The summed E-state index contributed by atoms with van der Waals surface area (Å²) in [5.74, 6) is -2.84. The van der Waals surface area contributed by atoms with Crippen LogP contribution in [0.1, 0.15) is 22.7 Å². The fourth-order valence-electron chi connectivity index (χ4n) is 3.91. The van der Waals surface area contributed by atoms with Gasteiger partial charge in [0.1, 0.15) is 0 Å². The van der Waals surface area contributed by atoms with Crippen molar-refractivity contribution in [2.24, 2.45) is 0 Å². The van der Waals surface area contributed by atoms with E-state index in [-0.39, 0.29) is 16.9 Å². The highest BCUT2D eigenvalue weighted by molar-refractivity contribution is 6.19. The summed E-state index contributed by atoms with van der Waals surface area (Å²) in [6.45, 7) is 0. The van der Waals surface area contributed by atoms with E-state index >= 15 is 0 Å². The molecule has 0 saturated heterocycles. The minimum absolute atomic E-state index is 0.0653. The molecule has 0 aliphatic carbocycles. The molecule has 1 heterocycles. The Hall–Kier alpha value is -4.73. The first-order chi connectivity index (χ1) is 17.1. The lowest BCUT2D eigenvalue weighted by Crippen LogP contribution is -2.31. The summed E-state index contributed by atoms with van der Waals surface area (Å²) in [6, 6.07) is 16.1. The van der Waals surface area contributed by atoms with Crippen LogP contribution in [0.3, 0.4) is 0 Å². The second-order valence-corrected chi connectivity index (χ2v) is 7.85. The second kappa shape index (κ2) is 9.49. The molecule has 0 radical (unpaired) electrons. The van der Waals surface area contributed by atoms with E-state index in [0.717, 1.165) is 29.2 Å². The number of amides is 1. The van der Waals surface area contributed by atoms with E-state index in [0.29, 0.717) is 11.6 Å². The zero-order valence-corrected chi connectivity index (χ0v) is 18.3. The van der Waals surface area contributed by atoms with Gasteiger partial charge in [-0.2, -0.15) is 13.2 Å². The summed E-state index contributed by atoms with van der Waals surface area (Å²) >= 11 is 0. The van der Waals surface area contributed by atoms with Gasteiger partial charge in [0, 0.05) is 17.8 Å². The van der Waals surface area contributed by atoms with Crippen LogP contribution >= 0.6 is 0 Å². The number of anilines is 1. The first kappa shape index (κ1) is 24.4. The largest absolute Gasteiger partial charge is 0.503 e. The standard InChI is InChI=1S/C26H17F3N2O5/c27-26(28,29)18-9-5-10-19(15-18)30-23(17-8-4-11-20(14-17)31(35)36)22(24(33)25(30)34)21(32)13-12-16-6-2-1-3-7-16/h1-15,23,33H/b13-12+/t23-/m0/s1. The molecule has 1 N–H and O–H groups in total. The van der Waals surface area contributed by atoms with E-state index in [9.17, 15) is 38.0 Å². The highest BCUT2D eigenvalue weighted by Crippen LogP contribution is 2.43. The number of aliphatic hydroxyl groups excluding tert-OH is 1. The third-order valence-corrected chi connectivity index (χ3v) is 5.55. The third-order valence-electron chi connectivity index (χ3n) is 5.55. The first-order valence-electron chi connectivity index (χ1n) is 10.5. The number of hydrogen-bond donors (Lipinski definition) is 1. The zero-order valence-electron chi connectivity index (χ0n) is 18.3. The molecule has 3 aromatic rings. The molecule has 7 nitrogen and oxygen atoms in total. The number of carbonyl (C=O) groups is 2. The fraction of sp³-hybridized carbons (Fsp3) is 0.0769. The van der Waals surface area contributed by atoms with Gasteiger partial charge in [0.2, 0.25) is 0 Å². The Morgan fingerprint density at radius 2 is 1.69 bits per heavy atom. The quantitative estimate of drug-likeness (QED) is 0.265. The number of ketones is 1. The van der Waals surface area contributed by atoms with Gasteiger partial charge in [-0.05, 0) is 35.4 Å². The summed E-state index contributed by atoms with van der Waals surface area (Å²) < 4.78 is 40.1. The predicted octanol–water partition coefficient (Wildman–Crippen LogP) is 5.80. The molecule has 0 fully saturated rings. The van der Waals surface area contributed by atoms with Crippen molar-refractivity contribution >= 4 is 29.1 Å². The molecular weight excluding hydrogens is 477 g/mol. The summed E-state index contributed by atoms with van der Waals surface area (Å²) in [4.78, 5) is 37.7. The number of nitro benzene ring substituents is 1. The van der Waals surface area contributed by atoms with E-state index < -0.39 is 45.7 Å². The Bertz CT molecular complexity index is 1410. The van der Waals surface area contributed by atoms with Crippen molar-refractivity contribution in [3.8, 4) is 0 Å². The van der Waals surface area contributed by atoms with E-state index in [1.165, 1.54) is 30.3 Å². The monoisotopic (exact) mass is 494 g/mol. The number of allylic oxidation sites excluding steroid dienone is 1. The average Bonchev–Trinajstić information content (AvgIpc) is 3.13. The zero-order chi connectivity index (χ0) is 26.0. The number of aliphatic hydroxyl groups is 1. The van der Waals surface area contributed by atoms with Crippen molar-refractivity contribution in [2.45, 2.75) is 12.2 Å². The number of rotatable bonds is 6. The van der Waals surface area contributed by atoms with Gasteiger partial charge in [0.15, 0.2) is 11.5 Å². The molecule has 1 amide bonds. The Morgan fingerprint density at radius 3 is 2.36 bits per heavy atom. The van der Waals surface area contributed by atoms with E-state index in [1.807, 2.05) is 0 Å². The van der Waals surface area contributed by atoms with E-state index in [4.69, 9.17) is 0 Å². The van der Waals surface area contributed by atoms with Gasteiger partial charge in [-0.25, -0.2) is 0 Å². The molecule has 3 aromatic carbocycles. The van der Waals surface area contributed by atoms with Crippen molar-refractivity contribution in [1.29, 1.82) is 0 Å². The normalized spacial score (nSPS) is 16.1. The Labute approximate surface area is 202 Å². The lowest BCUT2D eigenvalue weighted by molar-refractivity contribution is -0.384. The van der Waals surface area contributed by atoms with Gasteiger partial charge in [-0.3, -0.25) is 24.6 Å². The molecule has 0 bridgehead atoms. The third kappa shape index (κ3) is 4.74. The minimum atomic E-state index is -4.72. The maximum absolute atomic E-state index is 13.4. The molecule has 36 heavy (non-hydrogen) atoms. The minimum Gasteiger partial charge on any atom is -0.503 e. The predicted molar refractivity (Wildman–Crippen MR) is 125 cm³/mol. The number of carbonyl (C=O) groups excluding carboxylic acids is 2. The lowest BCUT2D eigenvalue weighted by atomic mass is 9.94. The van der Waals surface area contributed by atoms with Crippen LogP contribution in [0.15, 0.2) is 96.3 Å². The maximum atomic E-state index is 13.4. The summed E-state index contributed by atoms with van der Waals surface area (Å²) in [5.41, 5.74) is -1.35. The highest BCUT2D eigenvalue weighted by Gasteiger charge is 2.44. The highest BCUT2D eigenvalue weighted by atomic mass is 19.4. The summed E-state index contributed by atoms with van der Waals surface area (Å²) in [5, 5.41) is 22.0. The van der Waals surface area contributed by atoms with Crippen LogP contribution < -0.4 is 4.90 Å². The van der Waals surface area contributed by atoms with Crippen LogP contribution in [0.25, 0.3) is 6.08 Å². The van der Waals surface area contributed by atoms with Gasteiger partial charge >= 0.3 is 6.18 Å². The number of benzene rings is 3. The molecule has 0 spiro atoms. The SMILES string of the molecule is O=C(/C=C/c1ccccc1)C1=C(O)C(=O)N(c2cccc(C(F)(F)F)c2)[C@H]1c1cccc([N+](=O)[O-])c1. The first-order valence-corrected chi connectivity index (χ1v) is 10.5. The molecule has 182 valence electrons. The Balaban J connectivity index is 1.85. The Kier molecular flexibility index (Phi) is 6.43. The molecule has 10 heteroatoms. The van der Waals surface area contributed by atoms with Gasteiger partial charge < -0.3 is 5.11 Å². The lowest BCUT2D eigenvalue weighted by Gasteiger charge is -2.27. The smallest absolute Gasteiger partial charge is 0.416 e. The van der Waals surface area contributed by atoms with Crippen molar-refractivity contribution in [3.63, 3.8) is 0 Å². The maximum Gasteiger partial charge on any atom is 0.416 e. The van der Waals surface area contributed by atoms with Crippen LogP contribution in [-0.2, 0) is 15.8 Å². The van der Waals surface area contributed by atoms with Crippen molar-refractivity contribution in [1.82, 2.24) is 0 Å². The van der Waals surface area contributed by atoms with Crippen LogP contribution in [0.2, 0.25) is 0 Å². The summed E-state index contributed by atoms with van der Waals surface area (Å²) in [7, 11) is 0. The topological polar surface area (TPSA) is 101 Å². The van der Waals surface area contributed by atoms with Gasteiger partial charge in [-0.1, -0.05) is 54.6 Å². The molecule has 0 aromatic heterocycles. The average molecular weight is 494 g/mol. The van der Waals surface area contributed by atoms with Gasteiger partial charge in [0.05, 0.1) is 22.1 Å². The molecule has 1 aliphatic rings. The van der Waals surface area contributed by atoms with Crippen molar-refractivity contribution in [2.75, 3.05) is 4.90 Å². The molecule has 1 atom stereocenters. The molecule has 0 saturated carbocycles. The number of alkyl halides is 3. The van der Waals surface area contributed by atoms with Gasteiger partial charge in [0.25, 0.3) is 11.6 Å². The molecule has 1 aliphatic heterocycles. The number of hydrogen-bond acceptors (Lipinski definition) is 5. The fourth-order valence-corrected chi connectivity index (χ4v) is 3.91. The molecule has 0 unspecified atom stereocenters.